The smallest absolute Gasteiger partial charge is 0.308 e. The van der Waals surface area contributed by atoms with Crippen LogP contribution in [0.15, 0.2) is 66.2 Å². The van der Waals surface area contributed by atoms with Gasteiger partial charge in [-0.2, -0.15) is 0 Å². The number of ether oxygens (including phenoxy) is 2. The Hall–Kier alpha value is -4.10. The van der Waals surface area contributed by atoms with Crippen LogP contribution in [-0.4, -0.2) is 29.4 Å². The lowest BCUT2D eigenvalue weighted by Crippen LogP contribution is -2.29. The summed E-state index contributed by atoms with van der Waals surface area (Å²) >= 11 is 6.41. The molecule has 3 aromatic rings. The van der Waals surface area contributed by atoms with Crippen molar-refractivity contribution in [3.8, 4) is 11.5 Å². The Kier molecular flexibility index (Phi) is 7.36. The molecule has 0 saturated carbocycles. The third kappa shape index (κ3) is 5.22. The summed E-state index contributed by atoms with van der Waals surface area (Å²) in [5.74, 6) is -1.92. The van der Waals surface area contributed by atoms with Crippen molar-refractivity contribution >= 4 is 40.7 Å². The molecule has 37 heavy (non-hydrogen) atoms. The first-order valence-electron chi connectivity index (χ1n) is 11.7. The van der Waals surface area contributed by atoms with Gasteiger partial charge in [-0.1, -0.05) is 29.8 Å². The summed E-state index contributed by atoms with van der Waals surface area (Å²) in [5.41, 5.74) is 2.78. The maximum Gasteiger partial charge on any atom is 0.308 e. The Labute approximate surface area is 219 Å². The summed E-state index contributed by atoms with van der Waals surface area (Å²) in [7, 11) is 0. The van der Waals surface area contributed by atoms with E-state index >= 15 is 0 Å². The SMILES string of the molecule is CCOc1ccc(Cl)c(/C(O)=C2\C(=O)C(=O)N(c3cc(C)cc(C)c3)C2c2cccc(OC(C)=O)c2)c1. The standard InChI is InChI=1S/C29H26ClNO6/c1-5-36-21-9-10-24(30)23(15-21)27(33)25-26(19-7-6-8-22(14-19)37-18(4)32)31(29(35)28(25)34)20-12-16(2)11-17(3)13-20/h6-15,26,33H,5H2,1-4H3/b27-25+. The molecule has 0 bridgehead atoms. The van der Waals surface area contributed by atoms with Crippen LogP contribution in [0.5, 0.6) is 11.5 Å². The van der Waals surface area contributed by atoms with Crippen molar-refractivity contribution in [3.05, 3.63) is 93.5 Å². The lowest BCUT2D eigenvalue weighted by molar-refractivity contribution is -0.132. The number of ketones is 1. The van der Waals surface area contributed by atoms with E-state index in [1.165, 1.54) is 17.9 Å². The number of hydrogen-bond acceptors (Lipinski definition) is 6. The third-order valence-corrected chi connectivity index (χ3v) is 6.20. The molecule has 1 heterocycles. The van der Waals surface area contributed by atoms with Crippen LogP contribution in [-0.2, 0) is 14.4 Å². The minimum absolute atomic E-state index is 0.139. The molecule has 0 aromatic heterocycles. The number of benzene rings is 3. The van der Waals surface area contributed by atoms with Crippen molar-refractivity contribution in [2.75, 3.05) is 11.5 Å². The second-order valence-electron chi connectivity index (χ2n) is 8.76. The van der Waals surface area contributed by atoms with E-state index in [9.17, 15) is 19.5 Å². The van der Waals surface area contributed by atoms with Gasteiger partial charge in [-0.05, 0) is 79.9 Å². The highest BCUT2D eigenvalue weighted by molar-refractivity contribution is 6.52. The van der Waals surface area contributed by atoms with Crippen molar-refractivity contribution in [1.82, 2.24) is 0 Å². The summed E-state index contributed by atoms with van der Waals surface area (Å²) < 4.78 is 10.8. The topological polar surface area (TPSA) is 93.1 Å². The molecule has 1 aliphatic rings. The average Bonchev–Trinajstić information content (AvgIpc) is 3.09. The molecule has 1 amide bonds. The van der Waals surface area contributed by atoms with E-state index in [0.29, 0.717) is 23.6 Å². The van der Waals surface area contributed by atoms with E-state index in [1.807, 2.05) is 26.8 Å². The number of hydrogen-bond donors (Lipinski definition) is 1. The first kappa shape index (κ1) is 26.0. The molecule has 1 saturated heterocycles. The first-order valence-corrected chi connectivity index (χ1v) is 12.1. The van der Waals surface area contributed by atoms with E-state index in [2.05, 4.69) is 0 Å². The number of rotatable bonds is 6. The molecule has 7 nitrogen and oxygen atoms in total. The lowest BCUT2D eigenvalue weighted by atomic mass is 9.94. The molecule has 0 aliphatic carbocycles. The van der Waals surface area contributed by atoms with E-state index in [-0.39, 0.29) is 21.9 Å². The average molecular weight is 520 g/mol. The number of aliphatic hydroxyl groups excluding tert-OH is 1. The van der Waals surface area contributed by atoms with Crippen LogP contribution in [0.4, 0.5) is 5.69 Å². The molecule has 1 unspecified atom stereocenters. The normalized spacial score (nSPS) is 16.7. The van der Waals surface area contributed by atoms with Crippen molar-refractivity contribution in [3.63, 3.8) is 0 Å². The fourth-order valence-corrected chi connectivity index (χ4v) is 4.71. The predicted octanol–water partition coefficient (Wildman–Crippen LogP) is 5.91. The quantitative estimate of drug-likeness (QED) is 0.143. The number of nitrogens with zero attached hydrogens (tertiary/aromatic N) is 1. The van der Waals surface area contributed by atoms with Crippen LogP contribution in [0, 0.1) is 13.8 Å². The fraction of sp³-hybridized carbons (Fsp3) is 0.207. The third-order valence-electron chi connectivity index (χ3n) is 5.87. The molecule has 1 fully saturated rings. The molecular formula is C29H26ClNO6. The minimum Gasteiger partial charge on any atom is -0.507 e. The van der Waals surface area contributed by atoms with Gasteiger partial charge in [0.15, 0.2) is 0 Å². The Morgan fingerprint density at radius 2 is 1.70 bits per heavy atom. The van der Waals surface area contributed by atoms with Gasteiger partial charge in [0, 0.05) is 18.2 Å². The summed E-state index contributed by atoms with van der Waals surface area (Å²) in [6, 6.07) is 15.8. The maximum absolute atomic E-state index is 13.5. The maximum atomic E-state index is 13.5. The van der Waals surface area contributed by atoms with Gasteiger partial charge < -0.3 is 14.6 Å². The van der Waals surface area contributed by atoms with Crippen molar-refractivity contribution in [1.29, 1.82) is 0 Å². The Bertz CT molecular complexity index is 1420. The highest BCUT2D eigenvalue weighted by atomic mass is 35.5. The number of aryl methyl sites for hydroxylation is 2. The van der Waals surface area contributed by atoms with Gasteiger partial charge in [-0.25, -0.2) is 0 Å². The number of anilines is 1. The van der Waals surface area contributed by atoms with Crippen LogP contribution >= 0.6 is 11.6 Å². The zero-order chi connectivity index (χ0) is 26.9. The fourth-order valence-electron chi connectivity index (χ4n) is 4.51. The van der Waals surface area contributed by atoms with Gasteiger partial charge in [0.1, 0.15) is 17.3 Å². The highest BCUT2D eigenvalue weighted by Crippen LogP contribution is 2.44. The van der Waals surface area contributed by atoms with Crippen molar-refractivity contribution in [2.24, 2.45) is 0 Å². The molecule has 1 N–H and O–H groups in total. The molecule has 0 spiro atoms. The number of halogens is 1. The monoisotopic (exact) mass is 519 g/mol. The number of esters is 1. The second-order valence-corrected chi connectivity index (χ2v) is 9.16. The van der Waals surface area contributed by atoms with Gasteiger partial charge in [0.2, 0.25) is 0 Å². The number of carbonyl (C=O) groups excluding carboxylic acids is 3. The molecule has 190 valence electrons. The van der Waals surface area contributed by atoms with Crippen LogP contribution in [0.1, 0.15) is 42.1 Å². The number of amides is 1. The van der Waals surface area contributed by atoms with Crippen molar-refractivity contribution in [2.45, 2.75) is 33.7 Å². The van der Waals surface area contributed by atoms with Gasteiger partial charge >= 0.3 is 5.97 Å². The Balaban J connectivity index is 1.98. The number of carbonyl (C=O) groups is 3. The van der Waals surface area contributed by atoms with Crippen LogP contribution in [0.25, 0.3) is 5.76 Å². The predicted molar refractivity (Wildman–Crippen MR) is 141 cm³/mol. The van der Waals surface area contributed by atoms with Gasteiger partial charge in [-0.3, -0.25) is 19.3 Å². The van der Waals surface area contributed by atoms with Crippen LogP contribution in [0.3, 0.4) is 0 Å². The van der Waals surface area contributed by atoms with Gasteiger partial charge in [0.05, 0.1) is 23.2 Å². The zero-order valence-corrected chi connectivity index (χ0v) is 21.6. The number of Topliss-reactive ketones (excluding diaryl/α,β-unsaturated/α-hetero) is 1. The largest absolute Gasteiger partial charge is 0.507 e. The molecule has 8 heteroatoms. The summed E-state index contributed by atoms with van der Waals surface area (Å²) in [4.78, 5) is 39.9. The van der Waals surface area contributed by atoms with E-state index < -0.39 is 29.5 Å². The van der Waals surface area contributed by atoms with Crippen molar-refractivity contribution < 1.29 is 29.0 Å². The van der Waals surface area contributed by atoms with Gasteiger partial charge in [0.25, 0.3) is 11.7 Å². The summed E-state index contributed by atoms with van der Waals surface area (Å²) in [5, 5.41) is 11.6. The van der Waals surface area contributed by atoms with Crippen LogP contribution in [0.2, 0.25) is 5.02 Å². The van der Waals surface area contributed by atoms with E-state index in [0.717, 1.165) is 11.1 Å². The van der Waals surface area contributed by atoms with Gasteiger partial charge in [-0.15, -0.1) is 0 Å². The Morgan fingerprint density at radius 1 is 1.00 bits per heavy atom. The summed E-state index contributed by atoms with van der Waals surface area (Å²) in [6.45, 7) is 7.27. The zero-order valence-electron chi connectivity index (χ0n) is 20.9. The lowest BCUT2D eigenvalue weighted by Gasteiger charge is -2.26. The molecular weight excluding hydrogens is 494 g/mol. The molecule has 1 aliphatic heterocycles. The minimum atomic E-state index is -1.01. The Morgan fingerprint density at radius 3 is 2.35 bits per heavy atom. The van der Waals surface area contributed by atoms with Crippen LogP contribution < -0.4 is 14.4 Å². The van der Waals surface area contributed by atoms with E-state index in [1.54, 1.807) is 48.5 Å². The summed E-state index contributed by atoms with van der Waals surface area (Å²) in [6.07, 6.45) is 0. The molecule has 1 atom stereocenters. The second kappa shape index (κ2) is 10.5. The number of aliphatic hydroxyl groups is 1. The molecule has 3 aromatic carbocycles. The van der Waals surface area contributed by atoms with E-state index in [4.69, 9.17) is 21.1 Å². The molecule has 4 rings (SSSR count). The highest BCUT2D eigenvalue weighted by Gasteiger charge is 2.47. The molecule has 0 radical (unpaired) electrons. The first-order chi connectivity index (χ1) is 17.6.